The Morgan fingerprint density at radius 3 is 2.58 bits per heavy atom. The molecule has 4 N–H and O–H groups in total. The lowest BCUT2D eigenvalue weighted by molar-refractivity contribution is -0.130. The fraction of sp³-hybridized carbons (Fsp3) is 0.200. The van der Waals surface area contributed by atoms with Crippen molar-refractivity contribution in [3.8, 4) is 0 Å². The Balaban J connectivity index is 1.34. The molecule has 4 amide bonds. The zero-order valence-corrected chi connectivity index (χ0v) is 22.1. The number of aromatic nitrogens is 1. The summed E-state index contributed by atoms with van der Waals surface area (Å²) in [4.78, 5) is 58.0. The molecule has 2 fully saturated rings. The third-order valence-corrected chi connectivity index (χ3v) is 8.47. The first-order valence-electron chi connectivity index (χ1n) is 13.0. The Bertz CT molecular complexity index is 1750. The summed E-state index contributed by atoms with van der Waals surface area (Å²) in [5.74, 6) is -3.23. The Morgan fingerprint density at radius 2 is 1.80 bits per heavy atom. The van der Waals surface area contributed by atoms with Crippen molar-refractivity contribution in [2.45, 2.75) is 24.9 Å². The Morgan fingerprint density at radius 1 is 1.02 bits per heavy atom. The summed E-state index contributed by atoms with van der Waals surface area (Å²) in [6.07, 6.45) is 2.33. The molecule has 4 heterocycles. The standard InChI is InChI=1S/C30H24ClN5O4/c1-15(37)33-18-7-9-19(10-8-18)36-27(38)25-24(12-16-14-32-22-5-3-2-4-20(16)22)35-30(26(25)28(36)39)21-13-17(31)6-11-23(21)34-29(30)40/h2-11,13-14,24-26,32,35H,12H2,1H3,(H,33,37)(H,34,40)/t24-,25+,26-,30+/m0/s1. The lowest BCUT2D eigenvalue weighted by Crippen LogP contribution is -2.53. The second-order valence-electron chi connectivity index (χ2n) is 10.5. The predicted molar refractivity (Wildman–Crippen MR) is 151 cm³/mol. The highest BCUT2D eigenvalue weighted by molar-refractivity contribution is 6.31. The van der Waals surface area contributed by atoms with Crippen LogP contribution in [0.2, 0.25) is 5.02 Å². The second kappa shape index (κ2) is 8.77. The van der Waals surface area contributed by atoms with E-state index in [0.29, 0.717) is 34.1 Å². The summed E-state index contributed by atoms with van der Waals surface area (Å²) in [5.41, 5.74) is 2.53. The maximum Gasteiger partial charge on any atom is 0.250 e. The van der Waals surface area contributed by atoms with Gasteiger partial charge < -0.3 is 15.6 Å². The Kier molecular flexibility index (Phi) is 5.39. The molecular formula is C30H24ClN5O4. The maximum atomic E-state index is 14.2. The topological polar surface area (TPSA) is 123 Å². The third kappa shape index (κ3) is 3.44. The van der Waals surface area contributed by atoms with E-state index < -0.39 is 29.3 Å². The van der Waals surface area contributed by atoms with Crippen LogP contribution >= 0.6 is 11.6 Å². The quantitative estimate of drug-likeness (QED) is 0.285. The molecule has 1 spiro atoms. The number of aromatic amines is 1. The summed E-state index contributed by atoms with van der Waals surface area (Å²) in [7, 11) is 0. The number of rotatable bonds is 4. The number of para-hydroxylation sites is 1. The molecule has 9 nitrogen and oxygen atoms in total. The normalized spacial score (nSPS) is 25.0. The fourth-order valence-corrected chi connectivity index (χ4v) is 6.81. The number of nitrogens with zero attached hydrogens (tertiary/aromatic N) is 1. The van der Waals surface area contributed by atoms with Crippen LogP contribution in [0, 0.1) is 11.8 Å². The summed E-state index contributed by atoms with van der Waals surface area (Å²) in [6.45, 7) is 1.40. The maximum absolute atomic E-state index is 14.2. The zero-order valence-electron chi connectivity index (χ0n) is 21.3. The van der Waals surface area contributed by atoms with E-state index in [4.69, 9.17) is 11.6 Å². The van der Waals surface area contributed by atoms with Crippen molar-refractivity contribution >= 4 is 63.2 Å². The van der Waals surface area contributed by atoms with Crippen LogP contribution < -0.4 is 20.9 Å². The molecule has 10 heteroatoms. The minimum absolute atomic E-state index is 0.228. The lowest BCUT2D eigenvalue weighted by Gasteiger charge is -2.29. The molecule has 0 aliphatic carbocycles. The number of benzene rings is 3. The highest BCUT2D eigenvalue weighted by Crippen LogP contribution is 2.54. The summed E-state index contributed by atoms with van der Waals surface area (Å²) in [6, 6.07) is 19.0. The number of H-pyrrole nitrogens is 1. The lowest BCUT2D eigenvalue weighted by atomic mass is 9.76. The van der Waals surface area contributed by atoms with Gasteiger partial charge in [0.15, 0.2) is 0 Å². The summed E-state index contributed by atoms with van der Waals surface area (Å²) in [5, 5.41) is 10.5. The molecule has 0 saturated carbocycles. The van der Waals surface area contributed by atoms with Gasteiger partial charge in [0.2, 0.25) is 23.6 Å². The van der Waals surface area contributed by atoms with E-state index in [1.807, 2.05) is 30.5 Å². The van der Waals surface area contributed by atoms with Crippen molar-refractivity contribution in [3.63, 3.8) is 0 Å². The molecular weight excluding hydrogens is 530 g/mol. The van der Waals surface area contributed by atoms with Gasteiger partial charge in [0.25, 0.3) is 0 Å². The molecule has 4 aromatic rings. The van der Waals surface area contributed by atoms with Crippen molar-refractivity contribution < 1.29 is 19.2 Å². The van der Waals surface area contributed by atoms with Gasteiger partial charge >= 0.3 is 0 Å². The number of carbonyl (C=O) groups is 4. The van der Waals surface area contributed by atoms with Crippen LogP contribution in [-0.4, -0.2) is 34.7 Å². The molecule has 3 aliphatic rings. The Labute approximate surface area is 233 Å². The van der Waals surface area contributed by atoms with Crippen LogP contribution in [0.1, 0.15) is 18.1 Å². The Hall–Kier alpha value is -4.47. The number of hydrogen-bond acceptors (Lipinski definition) is 5. The highest BCUT2D eigenvalue weighted by Gasteiger charge is 2.70. The highest BCUT2D eigenvalue weighted by atomic mass is 35.5. The van der Waals surface area contributed by atoms with E-state index in [9.17, 15) is 19.2 Å². The van der Waals surface area contributed by atoms with Crippen molar-refractivity contribution in [1.29, 1.82) is 0 Å². The minimum Gasteiger partial charge on any atom is -0.361 e. The monoisotopic (exact) mass is 553 g/mol. The van der Waals surface area contributed by atoms with Gasteiger partial charge in [-0.05, 0) is 60.5 Å². The van der Waals surface area contributed by atoms with Crippen LogP contribution in [0.15, 0.2) is 72.9 Å². The first-order chi connectivity index (χ1) is 19.3. The predicted octanol–water partition coefficient (Wildman–Crippen LogP) is 3.95. The van der Waals surface area contributed by atoms with Gasteiger partial charge in [0, 0.05) is 52.0 Å². The molecule has 1 aromatic heterocycles. The van der Waals surface area contributed by atoms with Gasteiger partial charge in [0.1, 0.15) is 5.54 Å². The number of hydrogen-bond donors (Lipinski definition) is 4. The van der Waals surface area contributed by atoms with Gasteiger partial charge in [-0.1, -0.05) is 29.8 Å². The van der Waals surface area contributed by atoms with Crippen LogP contribution in [0.3, 0.4) is 0 Å². The van der Waals surface area contributed by atoms with E-state index in [1.165, 1.54) is 11.8 Å². The van der Waals surface area contributed by atoms with Gasteiger partial charge in [-0.3, -0.25) is 24.5 Å². The van der Waals surface area contributed by atoms with Gasteiger partial charge in [-0.25, -0.2) is 4.90 Å². The van der Waals surface area contributed by atoms with Gasteiger partial charge in [-0.2, -0.15) is 0 Å². The molecule has 7 rings (SSSR count). The molecule has 40 heavy (non-hydrogen) atoms. The number of imide groups is 1. The van der Waals surface area contributed by atoms with Crippen molar-refractivity contribution in [2.75, 3.05) is 15.5 Å². The second-order valence-corrected chi connectivity index (χ2v) is 10.9. The van der Waals surface area contributed by atoms with Crippen molar-refractivity contribution in [3.05, 3.63) is 89.1 Å². The van der Waals surface area contributed by atoms with Crippen LogP contribution in [0.5, 0.6) is 0 Å². The smallest absolute Gasteiger partial charge is 0.250 e. The van der Waals surface area contributed by atoms with E-state index >= 15 is 0 Å². The number of amides is 4. The molecule has 2 saturated heterocycles. The SMILES string of the molecule is CC(=O)Nc1ccc(N2C(=O)[C@@H]3[C@H](Cc4c[nH]c5ccccc45)N[C@@]4(C(=O)Nc5ccc(Cl)cc54)[C@@H]3C2=O)cc1. The van der Waals surface area contributed by atoms with Crippen molar-refractivity contribution in [2.24, 2.45) is 11.8 Å². The van der Waals surface area contributed by atoms with Gasteiger partial charge in [-0.15, -0.1) is 0 Å². The van der Waals surface area contributed by atoms with Crippen LogP contribution in [0.25, 0.3) is 10.9 Å². The third-order valence-electron chi connectivity index (χ3n) is 8.24. The van der Waals surface area contributed by atoms with E-state index in [0.717, 1.165) is 16.5 Å². The minimum atomic E-state index is -1.46. The molecule has 4 atom stereocenters. The number of carbonyl (C=O) groups excluding carboxylic acids is 4. The molecule has 0 unspecified atom stereocenters. The molecule has 3 aliphatic heterocycles. The zero-order chi connectivity index (χ0) is 27.8. The number of fused-ring (bicyclic) bond motifs is 5. The van der Waals surface area contributed by atoms with E-state index in [2.05, 4.69) is 20.9 Å². The largest absolute Gasteiger partial charge is 0.361 e. The average Bonchev–Trinajstić information content (AvgIpc) is 3.64. The first-order valence-corrected chi connectivity index (χ1v) is 13.4. The number of halogens is 1. The fourth-order valence-electron chi connectivity index (χ4n) is 6.64. The molecule has 3 aromatic carbocycles. The summed E-state index contributed by atoms with van der Waals surface area (Å²) < 4.78 is 0. The number of nitrogens with one attached hydrogen (secondary N) is 4. The van der Waals surface area contributed by atoms with Crippen LogP contribution in [0.4, 0.5) is 17.1 Å². The van der Waals surface area contributed by atoms with E-state index in [1.54, 1.807) is 42.5 Å². The molecule has 200 valence electrons. The first kappa shape index (κ1) is 24.6. The summed E-state index contributed by atoms with van der Waals surface area (Å²) >= 11 is 6.37. The average molecular weight is 554 g/mol. The number of anilines is 3. The molecule has 0 radical (unpaired) electrons. The van der Waals surface area contributed by atoms with Gasteiger partial charge in [0.05, 0.1) is 17.5 Å². The van der Waals surface area contributed by atoms with Crippen LogP contribution in [-0.2, 0) is 31.1 Å². The van der Waals surface area contributed by atoms with E-state index in [-0.39, 0.29) is 17.7 Å². The van der Waals surface area contributed by atoms with Crippen molar-refractivity contribution in [1.82, 2.24) is 10.3 Å². The molecule has 0 bridgehead atoms.